The highest BCUT2D eigenvalue weighted by atomic mass is 16.3. The number of carbonyl (C=O) groups is 2. The molecule has 0 aromatic rings. The minimum atomic E-state index is -0.505. The molecule has 0 amide bonds. The molecule has 2 saturated carbocycles. The predicted molar refractivity (Wildman–Crippen MR) is 83.0 cm³/mol. The summed E-state index contributed by atoms with van der Waals surface area (Å²) in [6, 6.07) is 0. The first kappa shape index (κ1) is 14.4. The Morgan fingerprint density at radius 1 is 1.18 bits per heavy atom. The van der Waals surface area contributed by atoms with E-state index in [1.54, 1.807) is 0 Å². The number of hydrogen-bond donors (Lipinski definition) is 1. The average molecular weight is 300 g/mol. The van der Waals surface area contributed by atoms with Gasteiger partial charge in [0, 0.05) is 24.2 Å². The van der Waals surface area contributed by atoms with E-state index in [1.165, 1.54) is 0 Å². The van der Waals surface area contributed by atoms with E-state index in [4.69, 9.17) is 0 Å². The van der Waals surface area contributed by atoms with Gasteiger partial charge in [0.1, 0.15) is 5.78 Å². The standard InChI is InChI=1S/C19H24O3/c1-18-7-5-12(20)9-11(18)3-4-13-14(18)6-8-19(2)16(22)10-15(21)17(13)19/h3-4,9,13-15,17,21H,5-8,10H2,1-2H3/t13-,14+,15+,17-,18+,19-/m1/s1. The van der Waals surface area contributed by atoms with Gasteiger partial charge in [-0.25, -0.2) is 0 Å². The number of fused-ring (bicyclic) bond motifs is 5. The van der Waals surface area contributed by atoms with E-state index in [1.807, 2.05) is 6.08 Å². The molecule has 4 aliphatic carbocycles. The van der Waals surface area contributed by atoms with E-state index in [9.17, 15) is 14.7 Å². The summed E-state index contributed by atoms with van der Waals surface area (Å²) in [5, 5.41) is 10.5. The molecule has 4 aliphatic rings. The highest BCUT2D eigenvalue weighted by Gasteiger charge is 2.60. The molecule has 118 valence electrons. The number of Topliss-reactive ketones (excluding diaryl/α,β-unsaturated/α-hetero) is 1. The molecule has 0 aromatic carbocycles. The summed E-state index contributed by atoms with van der Waals surface area (Å²) in [6.45, 7) is 4.33. The number of hydrogen-bond acceptors (Lipinski definition) is 3. The van der Waals surface area contributed by atoms with Crippen molar-refractivity contribution in [3.63, 3.8) is 0 Å². The second kappa shape index (κ2) is 4.41. The van der Waals surface area contributed by atoms with Gasteiger partial charge in [-0.2, -0.15) is 0 Å². The van der Waals surface area contributed by atoms with E-state index in [-0.39, 0.29) is 34.2 Å². The molecule has 6 atom stereocenters. The van der Waals surface area contributed by atoms with Crippen molar-refractivity contribution in [3.8, 4) is 0 Å². The van der Waals surface area contributed by atoms with Crippen LogP contribution < -0.4 is 0 Å². The zero-order valence-corrected chi connectivity index (χ0v) is 13.3. The van der Waals surface area contributed by atoms with Crippen molar-refractivity contribution in [2.75, 3.05) is 0 Å². The molecule has 2 fully saturated rings. The lowest BCUT2D eigenvalue weighted by Crippen LogP contribution is -2.50. The van der Waals surface area contributed by atoms with Crippen LogP contribution in [0, 0.1) is 28.6 Å². The predicted octanol–water partition coefficient (Wildman–Crippen LogP) is 2.83. The fourth-order valence-electron chi connectivity index (χ4n) is 5.83. The fraction of sp³-hybridized carbons (Fsp3) is 0.684. The third kappa shape index (κ3) is 1.66. The Bertz CT molecular complexity index is 616. The molecule has 0 spiro atoms. The first-order valence-electron chi connectivity index (χ1n) is 8.51. The van der Waals surface area contributed by atoms with Gasteiger partial charge in [0.2, 0.25) is 0 Å². The number of carbonyl (C=O) groups excluding carboxylic acids is 2. The third-order valence-corrected chi connectivity index (χ3v) is 7.22. The highest BCUT2D eigenvalue weighted by molar-refractivity contribution is 5.92. The second-order valence-electron chi connectivity index (χ2n) is 8.20. The summed E-state index contributed by atoms with van der Waals surface area (Å²) >= 11 is 0. The van der Waals surface area contributed by atoms with Crippen molar-refractivity contribution in [1.29, 1.82) is 0 Å². The van der Waals surface area contributed by atoms with Crippen molar-refractivity contribution < 1.29 is 14.7 Å². The van der Waals surface area contributed by atoms with Gasteiger partial charge in [-0.3, -0.25) is 9.59 Å². The van der Waals surface area contributed by atoms with Gasteiger partial charge in [-0.1, -0.05) is 26.0 Å². The van der Waals surface area contributed by atoms with Gasteiger partial charge in [-0.15, -0.1) is 0 Å². The summed E-state index contributed by atoms with van der Waals surface area (Å²) in [4.78, 5) is 24.1. The lowest BCUT2D eigenvalue weighted by molar-refractivity contribution is -0.131. The Hall–Kier alpha value is -1.22. The van der Waals surface area contributed by atoms with Gasteiger partial charge >= 0.3 is 0 Å². The van der Waals surface area contributed by atoms with Crippen LogP contribution in [0.3, 0.4) is 0 Å². The maximum absolute atomic E-state index is 12.4. The first-order valence-corrected chi connectivity index (χ1v) is 8.51. The third-order valence-electron chi connectivity index (χ3n) is 7.22. The lowest BCUT2D eigenvalue weighted by atomic mass is 9.49. The monoisotopic (exact) mass is 300 g/mol. The largest absolute Gasteiger partial charge is 0.392 e. The van der Waals surface area contributed by atoms with Gasteiger partial charge < -0.3 is 5.11 Å². The molecule has 1 N–H and O–H groups in total. The molecule has 0 aliphatic heterocycles. The normalized spacial score (nSPS) is 50.2. The van der Waals surface area contributed by atoms with Gasteiger partial charge in [0.05, 0.1) is 6.10 Å². The van der Waals surface area contributed by atoms with Crippen LogP contribution in [-0.4, -0.2) is 22.8 Å². The zero-order chi connectivity index (χ0) is 15.7. The molecule has 0 saturated heterocycles. The van der Waals surface area contributed by atoms with Crippen LogP contribution in [0.15, 0.2) is 23.8 Å². The van der Waals surface area contributed by atoms with Crippen LogP contribution in [-0.2, 0) is 9.59 Å². The SMILES string of the molecule is C[C@]12CCC(=O)C=C1C=C[C@H]1[C@@H]3[C@@H](O)CC(=O)[C@@]3(C)CC[C@@H]12. The number of allylic oxidation sites excluding steroid dienone is 4. The van der Waals surface area contributed by atoms with Crippen LogP contribution in [0.5, 0.6) is 0 Å². The van der Waals surface area contributed by atoms with Crippen molar-refractivity contribution in [3.05, 3.63) is 23.8 Å². The molecule has 3 nitrogen and oxygen atoms in total. The summed E-state index contributed by atoms with van der Waals surface area (Å²) in [5.41, 5.74) is 0.833. The van der Waals surface area contributed by atoms with Gasteiger partial charge in [0.25, 0.3) is 0 Å². The number of aliphatic hydroxyl groups is 1. The van der Waals surface area contributed by atoms with Crippen LogP contribution >= 0.6 is 0 Å². The zero-order valence-electron chi connectivity index (χ0n) is 13.3. The second-order valence-corrected chi connectivity index (χ2v) is 8.20. The number of aliphatic hydroxyl groups excluding tert-OH is 1. The number of ketones is 2. The topological polar surface area (TPSA) is 54.4 Å². The van der Waals surface area contributed by atoms with E-state index in [0.29, 0.717) is 18.8 Å². The van der Waals surface area contributed by atoms with Crippen LogP contribution in [0.4, 0.5) is 0 Å². The van der Waals surface area contributed by atoms with Gasteiger partial charge in [-0.05, 0) is 48.2 Å². The molecule has 0 unspecified atom stereocenters. The summed E-state index contributed by atoms with van der Waals surface area (Å²) < 4.78 is 0. The maximum atomic E-state index is 12.4. The summed E-state index contributed by atoms with van der Waals surface area (Å²) in [7, 11) is 0. The maximum Gasteiger partial charge on any atom is 0.156 e. The minimum absolute atomic E-state index is 0.0278. The first-order chi connectivity index (χ1) is 10.4. The van der Waals surface area contributed by atoms with Crippen LogP contribution in [0.1, 0.15) is 46.0 Å². The molecule has 0 radical (unpaired) electrons. The Morgan fingerprint density at radius 2 is 1.95 bits per heavy atom. The smallest absolute Gasteiger partial charge is 0.156 e. The molecular formula is C19H24O3. The fourth-order valence-corrected chi connectivity index (χ4v) is 5.83. The molecule has 4 rings (SSSR count). The molecule has 3 heteroatoms. The molecule has 0 bridgehead atoms. The summed E-state index contributed by atoms with van der Waals surface area (Å²) in [6.07, 6.45) is 9.32. The van der Waals surface area contributed by atoms with Crippen molar-refractivity contribution in [2.24, 2.45) is 28.6 Å². The number of rotatable bonds is 0. The Labute approximate surface area is 131 Å². The van der Waals surface area contributed by atoms with Crippen molar-refractivity contribution >= 4 is 11.6 Å². The van der Waals surface area contributed by atoms with Crippen LogP contribution in [0.25, 0.3) is 0 Å². The molecular weight excluding hydrogens is 276 g/mol. The Kier molecular flexibility index (Phi) is 2.88. The summed E-state index contributed by atoms with van der Waals surface area (Å²) in [5.74, 6) is 1.21. The van der Waals surface area contributed by atoms with E-state index in [2.05, 4.69) is 26.0 Å². The van der Waals surface area contributed by atoms with E-state index < -0.39 is 6.10 Å². The van der Waals surface area contributed by atoms with Crippen molar-refractivity contribution in [2.45, 2.75) is 52.1 Å². The minimum Gasteiger partial charge on any atom is -0.392 e. The molecule has 22 heavy (non-hydrogen) atoms. The quantitative estimate of drug-likeness (QED) is 0.748. The Balaban J connectivity index is 1.79. The van der Waals surface area contributed by atoms with E-state index >= 15 is 0 Å². The highest BCUT2D eigenvalue weighted by Crippen LogP contribution is 2.62. The average Bonchev–Trinajstić information content (AvgIpc) is 2.70. The lowest BCUT2D eigenvalue weighted by Gasteiger charge is -2.54. The van der Waals surface area contributed by atoms with E-state index in [0.717, 1.165) is 24.8 Å². The Morgan fingerprint density at radius 3 is 2.73 bits per heavy atom. The van der Waals surface area contributed by atoms with Gasteiger partial charge in [0.15, 0.2) is 5.78 Å². The van der Waals surface area contributed by atoms with Crippen LogP contribution in [0.2, 0.25) is 0 Å². The van der Waals surface area contributed by atoms with Crippen molar-refractivity contribution in [1.82, 2.24) is 0 Å². The molecule has 0 heterocycles. The molecule has 0 aromatic heterocycles.